The minimum absolute atomic E-state index is 0.381. The molecule has 1 saturated heterocycles. The fraction of sp³-hybridized carbons (Fsp3) is 0.600. The molecule has 0 aliphatic carbocycles. The van der Waals surface area contributed by atoms with E-state index >= 15 is 0 Å². The summed E-state index contributed by atoms with van der Waals surface area (Å²) in [5.41, 5.74) is 1.23. The van der Waals surface area contributed by atoms with Gasteiger partial charge in [0.2, 0.25) is 0 Å². The lowest BCUT2D eigenvalue weighted by atomic mass is 9.97. The van der Waals surface area contributed by atoms with Crippen molar-refractivity contribution in [2.75, 3.05) is 6.54 Å². The summed E-state index contributed by atoms with van der Waals surface area (Å²) >= 11 is 0. The van der Waals surface area contributed by atoms with Crippen LogP contribution in [-0.4, -0.2) is 22.6 Å². The summed E-state index contributed by atoms with van der Waals surface area (Å²) in [5.74, 6) is 0.381. The summed E-state index contributed by atoms with van der Waals surface area (Å²) in [4.78, 5) is 2.59. The summed E-state index contributed by atoms with van der Waals surface area (Å²) in [7, 11) is 0. The van der Waals surface area contributed by atoms with Crippen molar-refractivity contribution in [3.05, 3.63) is 29.8 Å². The first-order valence-electron chi connectivity index (χ1n) is 6.81. The number of phenolic OH excluding ortho intramolecular Hbond substituents is 1. The van der Waals surface area contributed by atoms with Crippen LogP contribution in [0.5, 0.6) is 5.75 Å². The monoisotopic (exact) mass is 233 g/mol. The minimum atomic E-state index is 0.381. The second kappa shape index (κ2) is 6.06. The number of phenols is 1. The normalized spacial score (nSPS) is 21.6. The molecule has 1 aromatic rings. The van der Waals surface area contributed by atoms with Crippen molar-refractivity contribution in [1.82, 2.24) is 4.90 Å². The fourth-order valence-corrected chi connectivity index (χ4v) is 2.82. The predicted octanol–water partition coefficient (Wildman–Crippen LogP) is 3.55. The molecular weight excluding hydrogens is 210 g/mol. The number of piperidine rings is 1. The molecule has 0 radical (unpaired) electrons. The number of hydrogen-bond donors (Lipinski definition) is 1. The zero-order valence-electron chi connectivity index (χ0n) is 10.7. The molecule has 0 spiro atoms. The number of likely N-dealkylation sites (tertiary alicyclic amines) is 1. The molecule has 1 atom stereocenters. The largest absolute Gasteiger partial charge is 0.508 e. The van der Waals surface area contributed by atoms with Gasteiger partial charge in [0.25, 0.3) is 0 Å². The van der Waals surface area contributed by atoms with E-state index in [1.165, 1.54) is 44.2 Å². The third-order valence-corrected chi connectivity index (χ3v) is 3.67. The van der Waals surface area contributed by atoms with E-state index in [9.17, 15) is 5.11 Å². The first-order valence-corrected chi connectivity index (χ1v) is 6.81. The first-order chi connectivity index (χ1) is 8.29. The molecule has 94 valence electrons. The van der Waals surface area contributed by atoms with Crippen LogP contribution >= 0.6 is 0 Å². The van der Waals surface area contributed by atoms with Gasteiger partial charge in [-0.1, -0.05) is 31.9 Å². The van der Waals surface area contributed by atoms with Crippen LogP contribution in [0.25, 0.3) is 0 Å². The van der Waals surface area contributed by atoms with E-state index in [2.05, 4.69) is 17.9 Å². The van der Waals surface area contributed by atoms with Gasteiger partial charge < -0.3 is 5.11 Å². The van der Waals surface area contributed by atoms with Gasteiger partial charge in [0.15, 0.2) is 0 Å². The van der Waals surface area contributed by atoms with E-state index in [0.29, 0.717) is 5.75 Å². The zero-order chi connectivity index (χ0) is 12.1. The van der Waals surface area contributed by atoms with E-state index in [4.69, 9.17) is 0 Å². The SMILES string of the molecule is CCCC1CCCCN1Cc1cccc(O)c1. The highest BCUT2D eigenvalue weighted by Gasteiger charge is 2.21. The minimum Gasteiger partial charge on any atom is -0.508 e. The maximum Gasteiger partial charge on any atom is 0.115 e. The Bertz CT molecular complexity index is 349. The molecule has 2 heteroatoms. The predicted molar refractivity (Wildman–Crippen MR) is 71.1 cm³/mol. The van der Waals surface area contributed by atoms with E-state index < -0.39 is 0 Å². The lowest BCUT2D eigenvalue weighted by molar-refractivity contribution is 0.131. The van der Waals surface area contributed by atoms with Crippen molar-refractivity contribution in [2.45, 2.75) is 51.6 Å². The lowest BCUT2D eigenvalue weighted by Gasteiger charge is -2.35. The highest BCUT2D eigenvalue weighted by molar-refractivity contribution is 5.27. The Balaban J connectivity index is 2.00. The van der Waals surface area contributed by atoms with Gasteiger partial charge in [0.05, 0.1) is 0 Å². The Morgan fingerprint density at radius 2 is 2.24 bits per heavy atom. The molecule has 0 bridgehead atoms. The van der Waals surface area contributed by atoms with E-state index in [0.717, 1.165) is 12.6 Å². The highest BCUT2D eigenvalue weighted by atomic mass is 16.3. The average molecular weight is 233 g/mol. The second-order valence-electron chi connectivity index (χ2n) is 5.08. The van der Waals surface area contributed by atoms with Crippen molar-refractivity contribution in [1.29, 1.82) is 0 Å². The molecule has 1 unspecified atom stereocenters. The van der Waals surface area contributed by atoms with Crippen LogP contribution < -0.4 is 0 Å². The van der Waals surface area contributed by atoms with Crippen LogP contribution in [0, 0.1) is 0 Å². The Hall–Kier alpha value is -1.02. The molecule has 1 heterocycles. The van der Waals surface area contributed by atoms with Crippen molar-refractivity contribution in [2.24, 2.45) is 0 Å². The third-order valence-electron chi connectivity index (χ3n) is 3.67. The average Bonchev–Trinajstić information content (AvgIpc) is 2.32. The Morgan fingerprint density at radius 1 is 1.35 bits per heavy atom. The summed E-state index contributed by atoms with van der Waals surface area (Å²) in [6.45, 7) is 4.46. The quantitative estimate of drug-likeness (QED) is 0.859. The number of rotatable bonds is 4. The van der Waals surface area contributed by atoms with E-state index in [1.807, 2.05) is 12.1 Å². The Morgan fingerprint density at radius 3 is 3.00 bits per heavy atom. The molecule has 0 amide bonds. The number of nitrogens with zero attached hydrogens (tertiary/aromatic N) is 1. The molecule has 1 aliphatic heterocycles. The summed E-state index contributed by atoms with van der Waals surface area (Å²) in [6.07, 6.45) is 6.60. The van der Waals surface area contributed by atoms with E-state index in [-0.39, 0.29) is 0 Å². The van der Waals surface area contributed by atoms with Gasteiger partial charge in [-0.25, -0.2) is 0 Å². The Kier molecular flexibility index (Phi) is 4.43. The first kappa shape index (κ1) is 12.4. The van der Waals surface area contributed by atoms with Crippen molar-refractivity contribution in [3.63, 3.8) is 0 Å². The third kappa shape index (κ3) is 3.47. The molecule has 2 rings (SSSR count). The summed E-state index contributed by atoms with van der Waals surface area (Å²) in [5, 5.41) is 9.49. The number of aromatic hydroxyl groups is 1. The standard InChI is InChI=1S/C15H23NO/c1-2-6-14-8-3-4-10-16(14)12-13-7-5-9-15(17)11-13/h5,7,9,11,14,17H,2-4,6,8,10,12H2,1H3. The Labute approximate surface area is 104 Å². The van der Waals surface area contributed by atoms with Crippen LogP contribution in [-0.2, 0) is 6.54 Å². The number of benzene rings is 1. The molecule has 17 heavy (non-hydrogen) atoms. The number of hydrogen-bond acceptors (Lipinski definition) is 2. The zero-order valence-corrected chi connectivity index (χ0v) is 10.7. The van der Waals surface area contributed by atoms with E-state index in [1.54, 1.807) is 6.07 Å². The molecule has 1 fully saturated rings. The molecular formula is C15H23NO. The summed E-state index contributed by atoms with van der Waals surface area (Å²) in [6, 6.07) is 8.41. The maximum atomic E-state index is 9.49. The molecule has 1 N–H and O–H groups in total. The van der Waals surface area contributed by atoms with Gasteiger partial charge in [-0.15, -0.1) is 0 Å². The van der Waals surface area contributed by atoms with Gasteiger partial charge in [-0.3, -0.25) is 4.90 Å². The van der Waals surface area contributed by atoms with Gasteiger partial charge in [0, 0.05) is 12.6 Å². The van der Waals surface area contributed by atoms with Crippen LogP contribution in [0.1, 0.15) is 44.6 Å². The van der Waals surface area contributed by atoms with Gasteiger partial charge >= 0.3 is 0 Å². The van der Waals surface area contributed by atoms with Gasteiger partial charge in [-0.05, 0) is 43.5 Å². The van der Waals surface area contributed by atoms with Gasteiger partial charge in [0.1, 0.15) is 5.75 Å². The van der Waals surface area contributed by atoms with Crippen LogP contribution in [0.4, 0.5) is 0 Å². The fourth-order valence-electron chi connectivity index (χ4n) is 2.82. The topological polar surface area (TPSA) is 23.5 Å². The molecule has 0 aromatic heterocycles. The smallest absolute Gasteiger partial charge is 0.115 e. The maximum absolute atomic E-state index is 9.49. The van der Waals surface area contributed by atoms with Crippen LogP contribution in [0.2, 0.25) is 0 Å². The van der Waals surface area contributed by atoms with Crippen LogP contribution in [0.15, 0.2) is 24.3 Å². The summed E-state index contributed by atoms with van der Waals surface area (Å²) < 4.78 is 0. The highest BCUT2D eigenvalue weighted by Crippen LogP contribution is 2.23. The molecule has 1 aliphatic rings. The second-order valence-corrected chi connectivity index (χ2v) is 5.08. The van der Waals surface area contributed by atoms with Crippen molar-refractivity contribution < 1.29 is 5.11 Å². The molecule has 1 aromatic carbocycles. The molecule has 0 saturated carbocycles. The lowest BCUT2D eigenvalue weighted by Crippen LogP contribution is -2.38. The van der Waals surface area contributed by atoms with Gasteiger partial charge in [-0.2, -0.15) is 0 Å². The van der Waals surface area contributed by atoms with Crippen LogP contribution in [0.3, 0.4) is 0 Å². The molecule has 2 nitrogen and oxygen atoms in total. The van der Waals surface area contributed by atoms with Crippen molar-refractivity contribution >= 4 is 0 Å². The van der Waals surface area contributed by atoms with Crippen molar-refractivity contribution in [3.8, 4) is 5.75 Å².